The molecule has 2 aromatic rings. The summed E-state index contributed by atoms with van der Waals surface area (Å²) in [6.07, 6.45) is 5.25. The lowest BCUT2D eigenvalue weighted by Crippen LogP contribution is -2.44. The minimum Gasteiger partial charge on any atom is -0.497 e. The number of methoxy groups -OCH3 is 1. The smallest absolute Gasteiger partial charge is 0.244 e. The lowest BCUT2D eigenvalue weighted by Gasteiger charge is -2.38. The number of hydrogen-bond donors (Lipinski definition) is 1. The largest absolute Gasteiger partial charge is 0.497 e. The lowest BCUT2D eigenvalue weighted by atomic mass is 9.74. The van der Waals surface area contributed by atoms with Gasteiger partial charge in [0.1, 0.15) is 5.75 Å². The van der Waals surface area contributed by atoms with Crippen LogP contribution in [0.25, 0.3) is 6.08 Å². The number of hydrogen-bond acceptors (Lipinski definition) is 4. The fraction of sp³-hybridized carbons (Fsp3) is 0.350. The molecule has 132 valence electrons. The van der Waals surface area contributed by atoms with E-state index in [-0.39, 0.29) is 11.3 Å². The molecular weight excluding hydrogens is 334 g/mol. The highest BCUT2D eigenvalue weighted by molar-refractivity contribution is 7.10. The number of nitrogens with one attached hydrogen (secondary N) is 1. The van der Waals surface area contributed by atoms with E-state index in [2.05, 4.69) is 17.4 Å². The summed E-state index contributed by atoms with van der Waals surface area (Å²) in [5, 5.41) is 5.07. The van der Waals surface area contributed by atoms with E-state index in [0.29, 0.717) is 19.8 Å². The lowest BCUT2D eigenvalue weighted by molar-refractivity contribution is -0.116. The second-order valence-electron chi connectivity index (χ2n) is 6.19. The second-order valence-corrected chi connectivity index (χ2v) is 7.17. The molecule has 0 bridgehead atoms. The Bertz CT molecular complexity index is 701. The van der Waals surface area contributed by atoms with Gasteiger partial charge >= 0.3 is 0 Å². The van der Waals surface area contributed by atoms with Crippen molar-refractivity contribution in [3.63, 3.8) is 0 Å². The predicted octanol–water partition coefficient (Wildman–Crippen LogP) is 3.63. The van der Waals surface area contributed by atoms with E-state index in [9.17, 15) is 4.79 Å². The number of ether oxygens (including phenoxy) is 2. The Kier molecular flexibility index (Phi) is 5.89. The van der Waals surface area contributed by atoms with Crippen LogP contribution in [0, 0.1) is 0 Å². The van der Waals surface area contributed by atoms with Gasteiger partial charge in [0, 0.05) is 36.1 Å². The minimum absolute atomic E-state index is 0.0622. The zero-order valence-corrected chi connectivity index (χ0v) is 15.2. The number of carbonyl (C=O) groups is 1. The van der Waals surface area contributed by atoms with Gasteiger partial charge in [-0.3, -0.25) is 4.79 Å². The van der Waals surface area contributed by atoms with Gasteiger partial charge in [0.05, 0.1) is 7.11 Å². The maximum atomic E-state index is 12.2. The van der Waals surface area contributed by atoms with E-state index in [1.807, 2.05) is 35.7 Å². The zero-order valence-electron chi connectivity index (χ0n) is 14.4. The zero-order chi connectivity index (χ0) is 17.5. The molecule has 0 atom stereocenters. The van der Waals surface area contributed by atoms with Crippen molar-refractivity contribution >= 4 is 23.3 Å². The molecule has 0 aliphatic carbocycles. The molecule has 4 nitrogen and oxygen atoms in total. The van der Waals surface area contributed by atoms with Crippen molar-refractivity contribution in [2.45, 2.75) is 18.3 Å². The number of thiophene rings is 1. The molecule has 3 rings (SSSR count). The molecule has 1 saturated heterocycles. The van der Waals surface area contributed by atoms with Crippen molar-refractivity contribution in [3.8, 4) is 5.75 Å². The Labute approximate surface area is 152 Å². The molecule has 1 N–H and O–H groups in total. The molecule has 1 aliphatic rings. The summed E-state index contributed by atoms with van der Waals surface area (Å²) in [5.41, 5.74) is 1.14. The molecule has 2 heterocycles. The van der Waals surface area contributed by atoms with E-state index >= 15 is 0 Å². The van der Waals surface area contributed by atoms with Crippen molar-refractivity contribution in [2.75, 3.05) is 26.9 Å². The first-order valence-electron chi connectivity index (χ1n) is 8.44. The molecule has 1 aromatic heterocycles. The van der Waals surface area contributed by atoms with Gasteiger partial charge in [0.15, 0.2) is 0 Å². The highest BCUT2D eigenvalue weighted by Crippen LogP contribution is 2.35. The Morgan fingerprint density at radius 1 is 1.28 bits per heavy atom. The third-order valence-corrected chi connectivity index (χ3v) is 5.53. The summed E-state index contributed by atoms with van der Waals surface area (Å²) in [6.45, 7) is 2.04. The van der Waals surface area contributed by atoms with Gasteiger partial charge in [0.25, 0.3) is 0 Å². The Balaban J connectivity index is 1.68. The summed E-state index contributed by atoms with van der Waals surface area (Å²) >= 11 is 1.62. The van der Waals surface area contributed by atoms with Gasteiger partial charge < -0.3 is 14.8 Å². The van der Waals surface area contributed by atoms with E-state index in [0.717, 1.165) is 23.5 Å². The third kappa shape index (κ3) is 4.50. The SMILES string of the molecule is COc1ccc(C2(CNC(=O)/C=C/c3cccs3)CCOCC2)cc1. The van der Waals surface area contributed by atoms with Crippen LogP contribution < -0.4 is 10.1 Å². The summed E-state index contributed by atoms with van der Waals surface area (Å²) < 4.78 is 10.8. The van der Waals surface area contributed by atoms with Crippen LogP contribution in [0.4, 0.5) is 0 Å². The van der Waals surface area contributed by atoms with Crippen molar-refractivity contribution in [1.82, 2.24) is 5.32 Å². The van der Waals surface area contributed by atoms with Crippen LogP contribution in [-0.4, -0.2) is 32.8 Å². The standard InChI is InChI=1S/C20H23NO3S/c1-23-17-6-4-16(5-7-17)20(10-12-24-13-11-20)15-21-19(22)9-8-18-3-2-14-25-18/h2-9,14H,10-13,15H2,1H3,(H,21,22)/b9-8+. The van der Waals surface area contributed by atoms with Gasteiger partial charge in [-0.25, -0.2) is 0 Å². The molecule has 0 saturated carbocycles. The van der Waals surface area contributed by atoms with Gasteiger partial charge in [-0.05, 0) is 48.1 Å². The Hall–Kier alpha value is -2.11. The van der Waals surface area contributed by atoms with Gasteiger partial charge in [-0.15, -0.1) is 11.3 Å². The second kappa shape index (κ2) is 8.32. The highest BCUT2D eigenvalue weighted by atomic mass is 32.1. The fourth-order valence-electron chi connectivity index (χ4n) is 3.13. The van der Waals surface area contributed by atoms with E-state index in [1.54, 1.807) is 24.5 Å². The van der Waals surface area contributed by atoms with Crippen LogP contribution in [0.5, 0.6) is 5.75 Å². The number of rotatable bonds is 6. The van der Waals surface area contributed by atoms with Crippen molar-refractivity contribution in [2.24, 2.45) is 0 Å². The first-order chi connectivity index (χ1) is 12.2. The summed E-state index contributed by atoms with van der Waals surface area (Å²) in [4.78, 5) is 13.3. The first-order valence-corrected chi connectivity index (χ1v) is 9.31. The average Bonchev–Trinajstić information content (AvgIpc) is 3.19. The minimum atomic E-state index is -0.0864. The van der Waals surface area contributed by atoms with Gasteiger partial charge in [-0.1, -0.05) is 18.2 Å². The van der Waals surface area contributed by atoms with Crippen LogP contribution in [0.3, 0.4) is 0 Å². The average molecular weight is 357 g/mol. The molecule has 5 heteroatoms. The van der Waals surface area contributed by atoms with Gasteiger partial charge in [-0.2, -0.15) is 0 Å². The molecule has 1 aromatic carbocycles. The number of amides is 1. The Morgan fingerprint density at radius 3 is 2.68 bits per heavy atom. The van der Waals surface area contributed by atoms with Crippen LogP contribution in [-0.2, 0) is 14.9 Å². The van der Waals surface area contributed by atoms with Crippen LogP contribution in [0.15, 0.2) is 47.9 Å². The van der Waals surface area contributed by atoms with Crippen molar-refractivity contribution in [1.29, 1.82) is 0 Å². The fourth-order valence-corrected chi connectivity index (χ4v) is 3.75. The molecule has 0 spiro atoms. The molecule has 0 radical (unpaired) electrons. The van der Waals surface area contributed by atoms with E-state index < -0.39 is 0 Å². The van der Waals surface area contributed by atoms with E-state index in [1.165, 1.54) is 5.56 Å². The maximum Gasteiger partial charge on any atom is 0.244 e. The van der Waals surface area contributed by atoms with Crippen molar-refractivity contribution < 1.29 is 14.3 Å². The molecule has 1 fully saturated rings. The maximum absolute atomic E-state index is 12.2. The molecule has 1 amide bonds. The van der Waals surface area contributed by atoms with Gasteiger partial charge in [0.2, 0.25) is 5.91 Å². The van der Waals surface area contributed by atoms with Crippen LogP contribution in [0.1, 0.15) is 23.3 Å². The topological polar surface area (TPSA) is 47.6 Å². The molecular formula is C20H23NO3S. The van der Waals surface area contributed by atoms with Crippen LogP contribution >= 0.6 is 11.3 Å². The summed E-state index contributed by atoms with van der Waals surface area (Å²) in [7, 11) is 1.67. The molecule has 1 aliphatic heterocycles. The molecule has 25 heavy (non-hydrogen) atoms. The van der Waals surface area contributed by atoms with Crippen molar-refractivity contribution in [3.05, 3.63) is 58.3 Å². The quantitative estimate of drug-likeness (QED) is 0.803. The summed E-state index contributed by atoms with van der Waals surface area (Å²) in [6, 6.07) is 12.1. The first kappa shape index (κ1) is 17.7. The van der Waals surface area contributed by atoms with E-state index in [4.69, 9.17) is 9.47 Å². The normalized spacial score (nSPS) is 16.7. The molecule has 0 unspecified atom stereocenters. The number of carbonyl (C=O) groups excluding carboxylic acids is 1. The third-order valence-electron chi connectivity index (χ3n) is 4.70. The highest BCUT2D eigenvalue weighted by Gasteiger charge is 2.34. The number of benzene rings is 1. The monoisotopic (exact) mass is 357 g/mol. The van der Waals surface area contributed by atoms with Crippen LogP contribution in [0.2, 0.25) is 0 Å². The Morgan fingerprint density at radius 2 is 2.04 bits per heavy atom. The predicted molar refractivity (Wildman–Crippen MR) is 101 cm³/mol. The summed E-state index contributed by atoms with van der Waals surface area (Å²) in [5.74, 6) is 0.779.